The molecule has 1 N–H and O–H groups in total. The van der Waals surface area contributed by atoms with Crippen LogP contribution in [0.3, 0.4) is 0 Å². The Kier molecular flexibility index (Phi) is 5.03. The lowest BCUT2D eigenvalue weighted by molar-refractivity contribution is -0.153. The van der Waals surface area contributed by atoms with Crippen molar-refractivity contribution in [1.82, 2.24) is 0 Å². The van der Waals surface area contributed by atoms with Crippen molar-refractivity contribution in [2.45, 2.75) is 84.7 Å². The third-order valence-corrected chi connectivity index (χ3v) is 8.57. The molecule has 3 fully saturated rings. The summed E-state index contributed by atoms with van der Waals surface area (Å²) < 4.78 is 5.64. The number of rotatable bonds is 4. The van der Waals surface area contributed by atoms with Gasteiger partial charge in [0.05, 0.1) is 18.6 Å². The SMILES string of the molecule is CCCCOC(=O)[C@H]1CC[C@H]2C3=CC=C4C[C@@H](O)CC[C@]4(C)[C@H]3CC[C@]12C. The molecule has 0 aromatic carbocycles. The standard InChI is InChI=1S/C24H36O3/c1-4-5-14-27-22(26)21-9-8-19-18-7-6-16-15-17(25)10-12-23(16,2)20(18)11-13-24(19,21)3/h6-7,17,19-21,25H,4-5,8-15H2,1-3H3/t17-,19-,20-,21+,23-,24-/m0/s1. The van der Waals surface area contributed by atoms with Crippen LogP contribution in [-0.2, 0) is 9.53 Å². The van der Waals surface area contributed by atoms with Crippen LogP contribution in [0.2, 0.25) is 0 Å². The van der Waals surface area contributed by atoms with Crippen molar-refractivity contribution < 1.29 is 14.6 Å². The number of aliphatic hydroxyl groups excluding tert-OH is 1. The molecule has 0 aromatic heterocycles. The Hall–Kier alpha value is -1.09. The van der Waals surface area contributed by atoms with Gasteiger partial charge in [-0.25, -0.2) is 0 Å². The van der Waals surface area contributed by atoms with Gasteiger partial charge in [0.2, 0.25) is 0 Å². The summed E-state index contributed by atoms with van der Waals surface area (Å²) in [6, 6.07) is 0. The molecular weight excluding hydrogens is 336 g/mol. The topological polar surface area (TPSA) is 46.5 Å². The van der Waals surface area contributed by atoms with E-state index in [1.807, 2.05) is 0 Å². The smallest absolute Gasteiger partial charge is 0.309 e. The van der Waals surface area contributed by atoms with E-state index < -0.39 is 0 Å². The predicted molar refractivity (Wildman–Crippen MR) is 107 cm³/mol. The van der Waals surface area contributed by atoms with E-state index in [4.69, 9.17) is 4.74 Å². The molecule has 0 unspecified atom stereocenters. The van der Waals surface area contributed by atoms with Crippen molar-refractivity contribution >= 4 is 5.97 Å². The van der Waals surface area contributed by atoms with Gasteiger partial charge < -0.3 is 9.84 Å². The zero-order chi connectivity index (χ0) is 19.2. The van der Waals surface area contributed by atoms with Crippen LogP contribution in [0, 0.1) is 28.6 Å². The molecule has 3 saturated carbocycles. The molecule has 0 spiro atoms. The van der Waals surface area contributed by atoms with E-state index in [0.717, 1.165) is 51.4 Å². The maximum atomic E-state index is 12.8. The van der Waals surface area contributed by atoms with Crippen LogP contribution in [0.4, 0.5) is 0 Å². The lowest BCUT2D eigenvalue weighted by atomic mass is 9.50. The maximum Gasteiger partial charge on any atom is 0.309 e. The molecule has 4 rings (SSSR count). The van der Waals surface area contributed by atoms with Gasteiger partial charge in [-0.1, -0.05) is 50.5 Å². The van der Waals surface area contributed by atoms with Gasteiger partial charge in [-0.05, 0) is 74.0 Å². The monoisotopic (exact) mass is 372 g/mol. The van der Waals surface area contributed by atoms with Gasteiger partial charge in [0, 0.05) is 0 Å². The third-order valence-electron chi connectivity index (χ3n) is 8.57. The first-order valence-electron chi connectivity index (χ1n) is 11.2. The second-order valence-electron chi connectivity index (χ2n) is 9.97. The van der Waals surface area contributed by atoms with Gasteiger partial charge in [0.1, 0.15) is 0 Å². The van der Waals surface area contributed by atoms with E-state index in [0.29, 0.717) is 18.4 Å². The number of carbonyl (C=O) groups is 1. The average molecular weight is 373 g/mol. The number of hydrogen-bond donors (Lipinski definition) is 1. The minimum Gasteiger partial charge on any atom is -0.465 e. The fourth-order valence-electron chi connectivity index (χ4n) is 6.79. The molecule has 0 saturated heterocycles. The highest BCUT2D eigenvalue weighted by Crippen LogP contribution is 2.65. The molecule has 0 bridgehead atoms. The number of unbranched alkanes of at least 4 members (excludes halogenated alkanes) is 1. The van der Waals surface area contributed by atoms with Crippen LogP contribution in [0.1, 0.15) is 78.6 Å². The van der Waals surface area contributed by atoms with Crippen molar-refractivity contribution in [3.8, 4) is 0 Å². The molecule has 150 valence electrons. The second kappa shape index (κ2) is 7.06. The van der Waals surface area contributed by atoms with E-state index in [9.17, 15) is 9.90 Å². The quantitative estimate of drug-likeness (QED) is 0.546. The molecule has 4 aliphatic rings. The zero-order valence-electron chi connectivity index (χ0n) is 17.3. The van der Waals surface area contributed by atoms with Crippen molar-refractivity contribution in [3.63, 3.8) is 0 Å². The molecule has 0 radical (unpaired) electrons. The van der Waals surface area contributed by atoms with Crippen LogP contribution in [0.25, 0.3) is 0 Å². The van der Waals surface area contributed by atoms with Crippen molar-refractivity contribution in [1.29, 1.82) is 0 Å². The lowest BCUT2D eigenvalue weighted by Crippen LogP contribution is -2.47. The van der Waals surface area contributed by atoms with Crippen molar-refractivity contribution in [2.75, 3.05) is 6.61 Å². The minimum absolute atomic E-state index is 0.0477. The molecule has 3 heteroatoms. The first-order chi connectivity index (χ1) is 12.9. The summed E-state index contributed by atoms with van der Waals surface area (Å²) >= 11 is 0. The van der Waals surface area contributed by atoms with Crippen LogP contribution in [0.5, 0.6) is 0 Å². The van der Waals surface area contributed by atoms with Gasteiger partial charge >= 0.3 is 5.97 Å². The number of aliphatic hydroxyl groups is 1. The molecule has 6 atom stereocenters. The van der Waals surface area contributed by atoms with E-state index in [-0.39, 0.29) is 28.8 Å². The molecule has 27 heavy (non-hydrogen) atoms. The third kappa shape index (κ3) is 3.01. The van der Waals surface area contributed by atoms with E-state index in [1.165, 1.54) is 12.0 Å². The van der Waals surface area contributed by atoms with Crippen LogP contribution >= 0.6 is 0 Å². The lowest BCUT2D eigenvalue weighted by Gasteiger charge is -2.54. The Balaban J connectivity index is 1.57. The molecule has 3 nitrogen and oxygen atoms in total. The summed E-state index contributed by atoms with van der Waals surface area (Å²) in [5, 5.41) is 10.1. The van der Waals surface area contributed by atoms with Crippen LogP contribution in [0.15, 0.2) is 23.3 Å². The normalized spacial score (nSPS) is 43.1. The maximum absolute atomic E-state index is 12.8. The predicted octanol–water partition coefficient (Wildman–Crippen LogP) is 5.19. The van der Waals surface area contributed by atoms with Crippen LogP contribution in [-0.4, -0.2) is 23.8 Å². The van der Waals surface area contributed by atoms with Gasteiger partial charge in [0.25, 0.3) is 0 Å². The number of fused-ring (bicyclic) bond motifs is 5. The largest absolute Gasteiger partial charge is 0.465 e. The van der Waals surface area contributed by atoms with E-state index >= 15 is 0 Å². The highest BCUT2D eigenvalue weighted by atomic mass is 16.5. The molecule has 0 amide bonds. The summed E-state index contributed by atoms with van der Waals surface area (Å²) in [4.78, 5) is 12.8. The highest BCUT2D eigenvalue weighted by molar-refractivity contribution is 5.74. The van der Waals surface area contributed by atoms with Gasteiger partial charge in [-0.2, -0.15) is 0 Å². The van der Waals surface area contributed by atoms with E-state index in [2.05, 4.69) is 32.9 Å². The van der Waals surface area contributed by atoms with E-state index in [1.54, 1.807) is 5.57 Å². The average Bonchev–Trinajstić information content (AvgIpc) is 3.00. The number of hydrogen-bond acceptors (Lipinski definition) is 3. The fraction of sp³-hybridized carbons (Fsp3) is 0.792. The second-order valence-corrected chi connectivity index (χ2v) is 9.97. The Morgan fingerprint density at radius 3 is 2.74 bits per heavy atom. The zero-order valence-corrected chi connectivity index (χ0v) is 17.3. The van der Waals surface area contributed by atoms with Crippen molar-refractivity contribution in [2.24, 2.45) is 28.6 Å². The summed E-state index contributed by atoms with van der Waals surface area (Å²) in [5.74, 6) is 1.22. The number of allylic oxidation sites excluding steroid dienone is 3. The molecule has 0 aromatic rings. The number of carbonyl (C=O) groups excluding carboxylic acids is 1. The summed E-state index contributed by atoms with van der Waals surface area (Å²) in [7, 11) is 0. The summed E-state index contributed by atoms with van der Waals surface area (Å²) in [5.41, 5.74) is 3.31. The first kappa shape index (κ1) is 19.2. The minimum atomic E-state index is -0.165. The Morgan fingerprint density at radius 1 is 1.15 bits per heavy atom. The fourth-order valence-corrected chi connectivity index (χ4v) is 6.79. The van der Waals surface area contributed by atoms with Gasteiger partial charge in [-0.3, -0.25) is 4.79 Å². The summed E-state index contributed by atoms with van der Waals surface area (Å²) in [6.45, 7) is 7.48. The molecular formula is C24H36O3. The van der Waals surface area contributed by atoms with Crippen LogP contribution < -0.4 is 0 Å². The molecule has 0 heterocycles. The van der Waals surface area contributed by atoms with Crippen molar-refractivity contribution in [3.05, 3.63) is 23.3 Å². The molecule has 4 aliphatic carbocycles. The van der Waals surface area contributed by atoms with Gasteiger partial charge in [0.15, 0.2) is 0 Å². The Labute approximate surface area is 164 Å². The first-order valence-corrected chi connectivity index (χ1v) is 11.2. The molecule has 0 aliphatic heterocycles. The summed E-state index contributed by atoms with van der Waals surface area (Å²) in [6.07, 6.45) is 13.8. The Bertz CT molecular complexity index is 663. The van der Waals surface area contributed by atoms with Gasteiger partial charge in [-0.15, -0.1) is 0 Å². The Morgan fingerprint density at radius 2 is 1.96 bits per heavy atom. The number of esters is 1. The highest BCUT2D eigenvalue weighted by Gasteiger charge is 2.58. The number of ether oxygens (including phenoxy) is 1.